The monoisotopic (exact) mass is 852 g/mol. The number of carbonyl (C=O) groups excluding carboxylic acids is 2. The average Bonchev–Trinajstić information content (AvgIpc) is 3.22. The van der Waals surface area contributed by atoms with Crippen molar-refractivity contribution in [3.05, 3.63) is 48.6 Å². The molecule has 9 nitrogen and oxygen atoms in total. The molecule has 0 rings (SSSR count). The molecule has 1 unspecified atom stereocenters. The summed E-state index contributed by atoms with van der Waals surface area (Å²) >= 11 is 0. The Bertz CT molecular complexity index is 1110. The normalized spacial score (nSPS) is 13.6. The molecule has 0 bridgehead atoms. The number of unbranched alkanes of at least 4 members (excludes halogenated alkanes) is 24. The van der Waals surface area contributed by atoms with Crippen LogP contribution in [0.5, 0.6) is 0 Å². The molecule has 0 fully saturated rings. The number of nitrogens with two attached hydrogens (primary N) is 1. The maximum absolute atomic E-state index is 12.6. The van der Waals surface area contributed by atoms with E-state index in [4.69, 9.17) is 24.3 Å². The first-order valence-electron chi connectivity index (χ1n) is 24.1. The number of rotatable bonds is 45. The van der Waals surface area contributed by atoms with E-state index in [1.54, 1.807) is 0 Å². The minimum atomic E-state index is -4.39. The molecule has 0 aliphatic carbocycles. The van der Waals surface area contributed by atoms with Crippen LogP contribution in [-0.4, -0.2) is 49.3 Å². The van der Waals surface area contributed by atoms with Gasteiger partial charge in [0.15, 0.2) is 6.10 Å². The third kappa shape index (κ3) is 45.3. The van der Waals surface area contributed by atoms with Gasteiger partial charge in [-0.15, -0.1) is 0 Å². The smallest absolute Gasteiger partial charge is 0.462 e. The zero-order valence-electron chi connectivity index (χ0n) is 38.0. The first-order valence-corrected chi connectivity index (χ1v) is 25.6. The van der Waals surface area contributed by atoms with Gasteiger partial charge >= 0.3 is 19.8 Å². The van der Waals surface area contributed by atoms with Crippen molar-refractivity contribution >= 4 is 19.8 Å². The predicted molar refractivity (Wildman–Crippen MR) is 247 cm³/mol. The first kappa shape index (κ1) is 57.0. The molecule has 0 saturated heterocycles. The molecule has 2 atom stereocenters. The molecule has 59 heavy (non-hydrogen) atoms. The lowest BCUT2D eigenvalue weighted by Gasteiger charge is -2.19. The SMILES string of the molecule is CCCCCCCCC=CCC=CCC=CCCCC(=O)OC[C@H](COP(=O)(O)OCCN)OC(=O)CCCCCCCCCCCCCC=CCCCCCCCC. The van der Waals surface area contributed by atoms with Crippen LogP contribution in [0.4, 0.5) is 0 Å². The summed E-state index contributed by atoms with van der Waals surface area (Å²) in [6.07, 6.45) is 53.0. The van der Waals surface area contributed by atoms with Gasteiger partial charge in [0.05, 0.1) is 13.2 Å². The van der Waals surface area contributed by atoms with Crippen molar-refractivity contribution in [3.63, 3.8) is 0 Å². The lowest BCUT2D eigenvalue weighted by Crippen LogP contribution is -2.29. The molecule has 0 aliphatic rings. The number of hydrogen-bond acceptors (Lipinski definition) is 8. The van der Waals surface area contributed by atoms with E-state index in [1.165, 1.54) is 135 Å². The van der Waals surface area contributed by atoms with Crippen LogP contribution in [0, 0.1) is 0 Å². The summed E-state index contributed by atoms with van der Waals surface area (Å²) in [6, 6.07) is 0. The van der Waals surface area contributed by atoms with E-state index < -0.39 is 32.5 Å². The average molecular weight is 852 g/mol. The number of esters is 2. The maximum Gasteiger partial charge on any atom is 0.472 e. The van der Waals surface area contributed by atoms with Gasteiger partial charge in [-0.1, -0.05) is 184 Å². The Balaban J connectivity index is 4.14. The summed E-state index contributed by atoms with van der Waals surface area (Å²) in [5.41, 5.74) is 5.36. The van der Waals surface area contributed by atoms with E-state index in [9.17, 15) is 19.0 Å². The van der Waals surface area contributed by atoms with E-state index >= 15 is 0 Å². The van der Waals surface area contributed by atoms with Gasteiger partial charge in [-0.2, -0.15) is 0 Å². The molecular formula is C49H90NO8P. The highest BCUT2D eigenvalue weighted by molar-refractivity contribution is 7.47. The molecule has 0 aromatic heterocycles. The lowest BCUT2D eigenvalue weighted by atomic mass is 10.0. The zero-order chi connectivity index (χ0) is 43.2. The highest BCUT2D eigenvalue weighted by atomic mass is 31.2. The first-order chi connectivity index (χ1) is 28.8. The van der Waals surface area contributed by atoms with E-state index in [-0.39, 0.29) is 32.6 Å². The number of phosphoric ester groups is 1. The molecule has 0 saturated carbocycles. The summed E-state index contributed by atoms with van der Waals surface area (Å²) in [5, 5.41) is 0. The van der Waals surface area contributed by atoms with E-state index in [0.717, 1.165) is 44.9 Å². The third-order valence-corrected chi connectivity index (χ3v) is 11.2. The van der Waals surface area contributed by atoms with Gasteiger partial charge in [0.25, 0.3) is 0 Å². The van der Waals surface area contributed by atoms with Crippen molar-refractivity contribution in [3.8, 4) is 0 Å². The Morgan fingerprint density at radius 3 is 1.37 bits per heavy atom. The third-order valence-electron chi connectivity index (χ3n) is 10.2. The molecule has 0 aromatic carbocycles. The van der Waals surface area contributed by atoms with Crippen molar-refractivity contribution in [2.24, 2.45) is 5.73 Å². The second-order valence-corrected chi connectivity index (χ2v) is 17.4. The Hall–Kier alpha value is -2.03. The lowest BCUT2D eigenvalue weighted by molar-refractivity contribution is -0.161. The topological polar surface area (TPSA) is 134 Å². The standard InChI is InChI=1S/C49H90NO8P/c1-3-5-7-9-11-13-15-17-19-21-22-23-24-26-28-30-32-34-36-38-40-42-49(52)58-47(46-57-59(53,54)56-44-43-50)45-55-48(51)41-39-37-35-33-31-29-27-25-20-18-16-14-12-10-8-6-4-2/h17-20,27,29,33,35,47H,3-16,21-26,28,30-32,34,36-46,50H2,1-2H3,(H,53,54)/t47-/m1/s1. The fourth-order valence-electron chi connectivity index (χ4n) is 6.59. The molecule has 10 heteroatoms. The molecule has 0 radical (unpaired) electrons. The van der Waals surface area contributed by atoms with Crippen LogP contribution in [0.1, 0.15) is 219 Å². The van der Waals surface area contributed by atoms with Crippen LogP contribution >= 0.6 is 7.82 Å². The second-order valence-electron chi connectivity index (χ2n) is 16.0. The van der Waals surface area contributed by atoms with Gasteiger partial charge in [-0.05, 0) is 70.6 Å². The highest BCUT2D eigenvalue weighted by Gasteiger charge is 2.26. The van der Waals surface area contributed by atoms with E-state index in [1.807, 2.05) is 0 Å². The molecule has 0 aliphatic heterocycles. The van der Waals surface area contributed by atoms with Gasteiger partial charge in [-0.3, -0.25) is 18.6 Å². The fraction of sp³-hybridized carbons (Fsp3) is 0.796. The van der Waals surface area contributed by atoms with Crippen molar-refractivity contribution in [1.82, 2.24) is 0 Å². The van der Waals surface area contributed by atoms with Crippen molar-refractivity contribution < 1.29 is 37.6 Å². The molecule has 3 N–H and O–H groups in total. The molecule has 344 valence electrons. The van der Waals surface area contributed by atoms with E-state index in [0.29, 0.717) is 12.8 Å². The van der Waals surface area contributed by atoms with Crippen LogP contribution in [-0.2, 0) is 32.7 Å². The molecule has 0 amide bonds. The van der Waals surface area contributed by atoms with Gasteiger partial charge in [0, 0.05) is 19.4 Å². The largest absolute Gasteiger partial charge is 0.472 e. The summed E-state index contributed by atoms with van der Waals surface area (Å²) in [5.74, 6) is -0.887. The number of carbonyl (C=O) groups is 2. The number of phosphoric acid groups is 1. The Labute approximate surface area is 362 Å². The van der Waals surface area contributed by atoms with Crippen molar-refractivity contribution in [2.75, 3.05) is 26.4 Å². The highest BCUT2D eigenvalue weighted by Crippen LogP contribution is 2.43. The molecular weight excluding hydrogens is 762 g/mol. The number of allylic oxidation sites excluding steroid dienone is 8. The summed E-state index contributed by atoms with van der Waals surface area (Å²) < 4.78 is 32.8. The zero-order valence-corrected chi connectivity index (χ0v) is 38.9. The second kappa shape index (κ2) is 45.5. The van der Waals surface area contributed by atoms with Gasteiger partial charge in [0.1, 0.15) is 6.61 Å². The van der Waals surface area contributed by atoms with Gasteiger partial charge in [-0.25, -0.2) is 4.57 Å². The fourth-order valence-corrected chi connectivity index (χ4v) is 7.35. The van der Waals surface area contributed by atoms with Crippen LogP contribution in [0.2, 0.25) is 0 Å². The van der Waals surface area contributed by atoms with Gasteiger partial charge < -0.3 is 20.1 Å². The van der Waals surface area contributed by atoms with Crippen molar-refractivity contribution in [1.29, 1.82) is 0 Å². The summed E-state index contributed by atoms with van der Waals surface area (Å²) in [6.45, 7) is 3.68. The van der Waals surface area contributed by atoms with Crippen LogP contribution in [0.3, 0.4) is 0 Å². The Morgan fingerprint density at radius 1 is 0.508 bits per heavy atom. The molecule has 0 spiro atoms. The minimum absolute atomic E-state index is 0.0461. The summed E-state index contributed by atoms with van der Waals surface area (Å²) in [4.78, 5) is 34.9. The minimum Gasteiger partial charge on any atom is -0.462 e. The van der Waals surface area contributed by atoms with Crippen LogP contribution in [0.25, 0.3) is 0 Å². The molecule has 0 heterocycles. The van der Waals surface area contributed by atoms with Crippen molar-refractivity contribution in [2.45, 2.75) is 225 Å². The number of hydrogen-bond donors (Lipinski definition) is 2. The number of ether oxygens (including phenoxy) is 2. The molecule has 0 aromatic rings. The van der Waals surface area contributed by atoms with Crippen LogP contribution < -0.4 is 5.73 Å². The quantitative estimate of drug-likeness (QED) is 0.0266. The predicted octanol–water partition coefficient (Wildman–Crippen LogP) is 14.3. The van der Waals surface area contributed by atoms with Crippen LogP contribution in [0.15, 0.2) is 48.6 Å². The maximum atomic E-state index is 12.6. The summed E-state index contributed by atoms with van der Waals surface area (Å²) in [7, 11) is -4.39. The van der Waals surface area contributed by atoms with Gasteiger partial charge in [0.2, 0.25) is 0 Å². The van der Waals surface area contributed by atoms with E-state index in [2.05, 4.69) is 62.5 Å². The Morgan fingerprint density at radius 2 is 0.898 bits per heavy atom. The Kier molecular flexibility index (Phi) is 43.9.